The Balaban J connectivity index is 2.18. The van der Waals surface area contributed by atoms with E-state index in [1.165, 1.54) is 0 Å². The maximum atomic E-state index is 10.4. The molecule has 6 nitrogen and oxygen atoms in total. The maximum Gasteiger partial charge on any atom is 0.171 e. The molecule has 0 N–H and O–H groups in total. The normalized spacial score (nSPS) is 10.4. The molecule has 0 atom stereocenters. The first-order valence-electron chi connectivity index (χ1n) is 4.11. The summed E-state index contributed by atoms with van der Waals surface area (Å²) in [5.74, 6) is 0.868. The van der Waals surface area contributed by atoms with Crippen molar-refractivity contribution in [1.82, 2.24) is 24.5 Å². The van der Waals surface area contributed by atoms with Crippen LogP contribution >= 0.6 is 0 Å². The molecule has 0 amide bonds. The zero-order chi connectivity index (χ0) is 9.97. The molecule has 2 rings (SSSR count). The fourth-order valence-corrected chi connectivity index (χ4v) is 1.14. The van der Waals surface area contributed by atoms with Gasteiger partial charge in [-0.15, -0.1) is 5.10 Å². The van der Waals surface area contributed by atoms with Gasteiger partial charge in [0.2, 0.25) is 0 Å². The molecule has 0 unspecified atom stereocenters. The van der Waals surface area contributed by atoms with E-state index in [4.69, 9.17) is 0 Å². The van der Waals surface area contributed by atoms with E-state index in [1.807, 2.05) is 17.8 Å². The van der Waals surface area contributed by atoms with Gasteiger partial charge in [0, 0.05) is 19.4 Å². The van der Waals surface area contributed by atoms with Crippen LogP contribution in [0.3, 0.4) is 0 Å². The summed E-state index contributed by atoms with van der Waals surface area (Å²) in [7, 11) is 1.90. The van der Waals surface area contributed by atoms with Crippen molar-refractivity contribution in [3.8, 4) is 0 Å². The Kier molecular flexibility index (Phi) is 2.10. The van der Waals surface area contributed by atoms with E-state index < -0.39 is 0 Å². The summed E-state index contributed by atoms with van der Waals surface area (Å²) in [6.07, 6.45) is 5.82. The number of rotatable bonds is 3. The van der Waals surface area contributed by atoms with E-state index in [2.05, 4.69) is 15.3 Å². The van der Waals surface area contributed by atoms with Crippen LogP contribution in [0.4, 0.5) is 0 Å². The van der Waals surface area contributed by atoms with Gasteiger partial charge in [-0.1, -0.05) is 5.21 Å². The van der Waals surface area contributed by atoms with E-state index in [9.17, 15) is 4.79 Å². The molecule has 2 aromatic rings. The fraction of sp³-hybridized carbons (Fsp3) is 0.250. The van der Waals surface area contributed by atoms with Crippen molar-refractivity contribution in [2.75, 3.05) is 0 Å². The lowest BCUT2D eigenvalue weighted by atomic mass is 10.5. The Morgan fingerprint density at radius 3 is 3.00 bits per heavy atom. The van der Waals surface area contributed by atoms with Crippen LogP contribution in [0.25, 0.3) is 0 Å². The number of hydrogen-bond donors (Lipinski definition) is 0. The van der Waals surface area contributed by atoms with Crippen LogP contribution < -0.4 is 0 Å². The third kappa shape index (κ3) is 1.54. The van der Waals surface area contributed by atoms with Gasteiger partial charge in [-0.05, 0) is 0 Å². The van der Waals surface area contributed by atoms with Crippen molar-refractivity contribution < 1.29 is 4.79 Å². The average molecular weight is 191 g/mol. The molecule has 0 saturated carbocycles. The first-order valence-corrected chi connectivity index (χ1v) is 4.11. The number of hydrogen-bond acceptors (Lipinski definition) is 4. The molecule has 2 aromatic heterocycles. The lowest BCUT2D eigenvalue weighted by Crippen LogP contribution is -2.06. The van der Waals surface area contributed by atoms with Crippen LogP contribution in [0.5, 0.6) is 0 Å². The minimum atomic E-state index is 0.333. The molecular weight excluding hydrogens is 182 g/mol. The third-order valence-corrected chi connectivity index (χ3v) is 1.90. The summed E-state index contributed by atoms with van der Waals surface area (Å²) in [4.78, 5) is 14.5. The molecule has 6 heteroatoms. The van der Waals surface area contributed by atoms with E-state index in [0.717, 1.165) is 5.82 Å². The summed E-state index contributed by atoms with van der Waals surface area (Å²) in [5.41, 5.74) is 0.333. The number of aryl methyl sites for hydroxylation is 1. The molecule has 0 saturated heterocycles. The lowest BCUT2D eigenvalue weighted by Gasteiger charge is -1.99. The van der Waals surface area contributed by atoms with Crippen LogP contribution in [0, 0.1) is 0 Å². The summed E-state index contributed by atoms with van der Waals surface area (Å²) in [6, 6.07) is 0. The van der Waals surface area contributed by atoms with E-state index >= 15 is 0 Å². The smallest absolute Gasteiger partial charge is 0.171 e. The zero-order valence-electron chi connectivity index (χ0n) is 7.66. The first-order chi connectivity index (χ1) is 6.79. The van der Waals surface area contributed by atoms with Crippen LogP contribution in [0.2, 0.25) is 0 Å². The lowest BCUT2D eigenvalue weighted by molar-refractivity contribution is 0.111. The van der Waals surface area contributed by atoms with Crippen molar-refractivity contribution in [3.63, 3.8) is 0 Å². The van der Waals surface area contributed by atoms with Gasteiger partial charge in [-0.3, -0.25) is 4.79 Å². The van der Waals surface area contributed by atoms with Crippen LogP contribution in [0.1, 0.15) is 16.3 Å². The first kappa shape index (κ1) is 8.61. The highest BCUT2D eigenvalue weighted by Gasteiger charge is 2.03. The standard InChI is InChI=1S/C8H9N5O/c1-12-3-2-9-8(12)5-13-4-7(6-14)10-11-13/h2-4,6H,5H2,1H3. The number of carbonyl (C=O) groups excluding carboxylic acids is 1. The third-order valence-electron chi connectivity index (χ3n) is 1.90. The number of aromatic nitrogens is 5. The maximum absolute atomic E-state index is 10.4. The van der Waals surface area contributed by atoms with Crippen molar-refractivity contribution in [3.05, 3.63) is 30.1 Å². The van der Waals surface area contributed by atoms with Crippen molar-refractivity contribution >= 4 is 6.29 Å². The van der Waals surface area contributed by atoms with E-state index in [-0.39, 0.29) is 0 Å². The van der Waals surface area contributed by atoms with Gasteiger partial charge >= 0.3 is 0 Å². The number of aldehydes is 1. The van der Waals surface area contributed by atoms with Crippen molar-refractivity contribution in [1.29, 1.82) is 0 Å². The molecule has 0 fully saturated rings. The molecule has 0 aromatic carbocycles. The largest absolute Gasteiger partial charge is 0.336 e. The Bertz CT molecular complexity index is 444. The molecule has 0 aliphatic rings. The second-order valence-corrected chi connectivity index (χ2v) is 2.91. The molecule has 0 aliphatic carbocycles. The van der Waals surface area contributed by atoms with Gasteiger partial charge in [0.05, 0.1) is 6.20 Å². The molecule has 0 bridgehead atoms. The van der Waals surface area contributed by atoms with Crippen LogP contribution in [0.15, 0.2) is 18.6 Å². The number of carbonyl (C=O) groups is 1. The Morgan fingerprint density at radius 1 is 1.57 bits per heavy atom. The molecule has 14 heavy (non-hydrogen) atoms. The SMILES string of the molecule is Cn1ccnc1Cn1cc(C=O)nn1. The van der Waals surface area contributed by atoms with Crippen molar-refractivity contribution in [2.24, 2.45) is 7.05 Å². The Hall–Kier alpha value is -1.98. The molecule has 0 radical (unpaired) electrons. The van der Waals surface area contributed by atoms with Crippen molar-refractivity contribution in [2.45, 2.75) is 6.54 Å². The Morgan fingerprint density at radius 2 is 2.43 bits per heavy atom. The van der Waals surface area contributed by atoms with Crippen LogP contribution in [-0.4, -0.2) is 30.8 Å². The molecular formula is C8H9N5O. The van der Waals surface area contributed by atoms with E-state index in [0.29, 0.717) is 18.5 Å². The predicted molar refractivity (Wildman–Crippen MR) is 47.7 cm³/mol. The van der Waals surface area contributed by atoms with Gasteiger partial charge in [-0.25, -0.2) is 9.67 Å². The fourth-order valence-electron chi connectivity index (χ4n) is 1.14. The van der Waals surface area contributed by atoms with Gasteiger partial charge < -0.3 is 4.57 Å². The summed E-state index contributed by atoms with van der Waals surface area (Å²) >= 11 is 0. The predicted octanol–water partition coefficient (Wildman–Crippen LogP) is -0.128. The topological polar surface area (TPSA) is 65.6 Å². The van der Waals surface area contributed by atoms with Gasteiger partial charge in [0.1, 0.15) is 18.1 Å². The average Bonchev–Trinajstić information content (AvgIpc) is 2.77. The molecule has 0 aliphatic heterocycles. The van der Waals surface area contributed by atoms with Gasteiger partial charge in [0.25, 0.3) is 0 Å². The summed E-state index contributed by atoms with van der Waals surface area (Å²) in [5, 5.41) is 7.44. The second-order valence-electron chi connectivity index (χ2n) is 2.91. The van der Waals surface area contributed by atoms with Gasteiger partial charge in [0.15, 0.2) is 6.29 Å². The number of imidazole rings is 1. The minimum Gasteiger partial charge on any atom is -0.336 e. The van der Waals surface area contributed by atoms with Crippen LogP contribution in [-0.2, 0) is 13.6 Å². The highest BCUT2D eigenvalue weighted by atomic mass is 16.1. The quantitative estimate of drug-likeness (QED) is 0.634. The molecule has 2 heterocycles. The summed E-state index contributed by atoms with van der Waals surface area (Å²) in [6.45, 7) is 0.518. The zero-order valence-corrected chi connectivity index (χ0v) is 7.66. The molecule has 0 spiro atoms. The molecule has 72 valence electrons. The summed E-state index contributed by atoms with van der Waals surface area (Å²) < 4.78 is 3.47. The van der Waals surface area contributed by atoms with Gasteiger partial charge in [-0.2, -0.15) is 0 Å². The second kappa shape index (κ2) is 3.41. The highest BCUT2D eigenvalue weighted by molar-refractivity contribution is 5.70. The minimum absolute atomic E-state index is 0.333. The highest BCUT2D eigenvalue weighted by Crippen LogP contribution is 1.97. The Labute approximate surface area is 80.2 Å². The number of nitrogens with zero attached hydrogens (tertiary/aromatic N) is 5. The monoisotopic (exact) mass is 191 g/mol. The van der Waals surface area contributed by atoms with E-state index in [1.54, 1.807) is 17.1 Å².